The van der Waals surface area contributed by atoms with Crippen molar-refractivity contribution < 1.29 is 19.4 Å². The lowest BCUT2D eigenvalue weighted by atomic mass is 10.1. The van der Waals surface area contributed by atoms with Crippen LogP contribution in [0.3, 0.4) is 0 Å². The van der Waals surface area contributed by atoms with Crippen LogP contribution >= 0.6 is 0 Å². The molecule has 1 heterocycles. The quantitative estimate of drug-likeness (QED) is 0.757. The van der Waals surface area contributed by atoms with Gasteiger partial charge in [-0.15, -0.1) is 0 Å². The lowest BCUT2D eigenvalue weighted by molar-refractivity contribution is -0.138. The standard InChI is InChI=1S/C19H22N2O4/c1-21(10-4-8-19(23)24)18(22)12-15-5-2-7-17(11-15)25-14-16-6-3-9-20-13-16/h2-3,5-7,9,11,13H,4,8,10,12,14H2,1H3,(H,23,24). The Bertz CT molecular complexity index is 704. The molecule has 6 nitrogen and oxygen atoms in total. The molecular weight excluding hydrogens is 320 g/mol. The normalized spacial score (nSPS) is 10.3. The van der Waals surface area contributed by atoms with E-state index in [1.807, 2.05) is 36.4 Å². The zero-order valence-electron chi connectivity index (χ0n) is 14.2. The monoisotopic (exact) mass is 342 g/mol. The van der Waals surface area contributed by atoms with Crippen molar-refractivity contribution in [2.24, 2.45) is 0 Å². The van der Waals surface area contributed by atoms with Gasteiger partial charge in [-0.05, 0) is 30.2 Å². The van der Waals surface area contributed by atoms with Crippen molar-refractivity contribution in [2.45, 2.75) is 25.9 Å². The summed E-state index contributed by atoms with van der Waals surface area (Å²) in [4.78, 5) is 28.3. The summed E-state index contributed by atoms with van der Waals surface area (Å²) in [6, 6.07) is 11.2. The number of nitrogens with zero attached hydrogens (tertiary/aromatic N) is 2. The summed E-state index contributed by atoms with van der Waals surface area (Å²) in [5, 5.41) is 8.64. The second kappa shape index (κ2) is 9.42. The first kappa shape index (κ1) is 18.4. The van der Waals surface area contributed by atoms with Crippen LogP contribution in [0.15, 0.2) is 48.8 Å². The van der Waals surface area contributed by atoms with E-state index in [4.69, 9.17) is 9.84 Å². The van der Waals surface area contributed by atoms with Crippen LogP contribution in [-0.2, 0) is 22.6 Å². The SMILES string of the molecule is CN(CCCC(=O)O)C(=O)Cc1cccc(OCc2cccnc2)c1. The number of ether oxygens (including phenoxy) is 1. The molecule has 2 aromatic rings. The zero-order chi connectivity index (χ0) is 18.1. The summed E-state index contributed by atoms with van der Waals surface area (Å²) in [6.45, 7) is 0.850. The smallest absolute Gasteiger partial charge is 0.303 e. The molecule has 0 aliphatic rings. The van der Waals surface area contributed by atoms with Crippen molar-refractivity contribution in [3.63, 3.8) is 0 Å². The number of aliphatic carboxylic acids is 1. The molecule has 0 saturated carbocycles. The number of aromatic nitrogens is 1. The molecule has 0 saturated heterocycles. The van der Waals surface area contributed by atoms with Gasteiger partial charge in [0.25, 0.3) is 0 Å². The fourth-order valence-electron chi connectivity index (χ4n) is 2.30. The number of rotatable bonds is 9. The van der Waals surface area contributed by atoms with Crippen LogP contribution in [0.5, 0.6) is 5.75 Å². The van der Waals surface area contributed by atoms with Gasteiger partial charge >= 0.3 is 5.97 Å². The molecule has 0 bridgehead atoms. The number of hydrogen-bond donors (Lipinski definition) is 1. The van der Waals surface area contributed by atoms with Crippen molar-refractivity contribution in [1.29, 1.82) is 0 Å². The fraction of sp³-hybridized carbons (Fsp3) is 0.316. The number of carboxylic acid groups (broad SMARTS) is 1. The molecule has 1 amide bonds. The number of hydrogen-bond acceptors (Lipinski definition) is 4. The summed E-state index contributed by atoms with van der Waals surface area (Å²) in [5.41, 5.74) is 1.83. The van der Waals surface area contributed by atoms with E-state index in [9.17, 15) is 9.59 Å². The lowest BCUT2D eigenvalue weighted by Gasteiger charge is -2.17. The minimum absolute atomic E-state index is 0.0465. The van der Waals surface area contributed by atoms with E-state index >= 15 is 0 Å². The Kier molecular flexibility index (Phi) is 6.95. The van der Waals surface area contributed by atoms with Crippen molar-refractivity contribution in [1.82, 2.24) is 9.88 Å². The Morgan fingerprint density at radius 1 is 1.20 bits per heavy atom. The maximum Gasteiger partial charge on any atom is 0.303 e. The maximum absolute atomic E-state index is 12.2. The molecule has 2 rings (SSSR count). The van der Waals surface area contributed by atoms with Crippen molar-refractivity contribution in [3.8, 4) is 5.75 Å². The number of benzene rings is 1. The van der Waals surface area contributed by atoms with Crippen LogP contribution in [-0.4, -0.2) is 40.5 Å². The molecular formula is C19H22N2O4. The molecule has 1 N–H and O–H groups in total. The molecule has 132 valence electrons. The minimum Gasteiger partial charge on any atom is -0.489 e. The molecule has 0 aliphatic carbocycles. The van der Waals surface area contributed by atoms with Crippen LogP contribution in [0, 0.1) is 0 Å². The first-order chi connectivity index (χ1) is 12.0. The van der Waals surface area contributed by atoms with Crippen molar-refractivity contribution in [3.05, 3.63) is 59.9 Å². The number of likely N-dealkylation sites (N-methyl/N-ethyl adjacent to an activating group) is 1. The average Bonchev–Trinajstić information content (AvgIpc) is 2.61. The second-order valence-electron chi connectivity index (χ2n) is 5.79. The highest BCUT2D eigenvalue weighted by Crippen LogP contribution is 2.16. The Labute approximate surface area is 147 Å². The Morgan fingerprint density at radius 3 is 2.72 bits per heavy atom. The third kappa shape index (κ3) is 6.63. The van der Waals surface area contributed by atoms with E-state index in [1.54, 1.807) is 24.3 Å². The molecule has 0 aliphatic heterocycles. The first-order valence-electron chi connectivity index (χ1n) is 8.11. The van der Waals surface area contributed by atoms with Gasteiger partial charge in [0.05, 0.1) is 6.42 Å². The molecule has 1 aromatic carbocycles. The number of carboxylic acids is 1. The molecule has 0 atom stereocenters. The summed E-state index contributed by atoms with van der Waals surface area (Å²) in [7, 11) is 1.69. The third-order valence-corrected chi connectivity index (χ3v) is 3.69. The van der Waals surface area contributed by atoms with Gasteiger partial charge in [-0.2, -0.15) is 0 Å². The topological polar surface area (TPSA) is 79.7 Å². The summed E-state index contributed by atoms with van der Waals surface area (Å²) >= 11 is 0. The highest BCUT2D eigenvalue weighted by Gasteiger charge is 2.11. The highest BCUT2D eigenvalue weighted by atomic mass is 16.5. The van der Waals surface area contributed by atoms with E-state index in [1.165, 1.54) is 0 Å². The van der Waals surface area contributed by atoms with Gasteiger partial charge in [0.1, 0.15) is 12.4 Å². The third-order valence-electron chi connectivity index (χ3n) is 3.69. The molecule has 0 fully saturated rings. The van der Waals surface area contributed by atoms with Gasteiger partial charge in [0.2, 0.25) is 5.91 Å². The predicted molar refractivity (Wildman–Crippen MR) is 93.2 cm³/mol. The number of pyridine rings is 1. The van der Waals surface area contributed by atoms with Gasteiger partial charge in [0, 0.05) is 38.0 Å². The van der Waals surface area contributed by atoms with Crippen molar-refractivity contribution >= 4 is 11.9 Å². The minimum atomic E-state index is -0.848. The summed E-state index contributed by atoms with van der Waals surface area (Å²) < 4.78 is 5.74. The Morgan fingerprint density at radius 2 is 2.00 bits per heavy atom. The number of carbonyl (C=O) groups excluding carboxylic acids is 1. The molecule has 1 aromatic heterocycles. The van der Waals surface area contributed by atoms with E-state index in [2.05, 4.69) is 4.98 Å². The van der Waals surface area contributed by atoms with Crippen LogP contribution in [0.1, 0.15) is 24.0 Å². The van der Waals surface area contributed by atoms with E-state index in [0.717, 1.165) is 11.1 Å². The van der Waals surface area contributed by atoms with Crippen LogP contribution in [0.2, 0.25) is 0 Å². The lowest BCUT2D eigenvalue weighted by Crippen LogP contribution is -2.29. The number of amides is 1. The Hall–Kier alpha value is -2.89. The van der Waals surface area contributed by atoms with Crippen LogP contribution < -0.4 is 4.74 Å². The first-order valence-corrected chi connectivity index (χ1v) is 8.11. The second-order valence-corrected chi connectivity index (χ2v) is 5.79. The molecule has 0 spiro atoms. The van der Waals surface area contributed by atoms with Gasteiger partial charge in [0.15, 0.2) is 0 Å². The summed E-state index contributed by atoms with van der Waals surface area (Å²) in [5.74, 6) is -0.197. The van der Waals surface area contributed by atoms with Gasteiger partial charge in [-0.25, -0.2) is 0 Å². The van der Waals surface area contributed by atoms with Crippen LogP contribution in [0.25, 0.3) is 0 Å². The van der Waals surface area contributed by atoms with Crippen LogP contribution in [0.4, 0.5) is 0 Å². The van der Waals surface area contributed by atoms with Gasteiger partial charge in [-0.3, -0.25) is 14.6 Å². The fourth-order valence-corrected chi connectivity index (χ4v) is 2.30. The van der Waals surface area contributed by atoms with Gasteiger partial charge in [-0.1, -0.05) is 18.2 Å². The molecule has 6 heteroatoms. The molecule has 0 radical (unpaired) electrons. The van der Waals surface area contributed by atoms with Gasteiger partial charge < -0.3 is 14.7 Å². The highest BCUT2D eigenvalue weighted by molar-refractivity contribution is 5.78. The molecule has 25 heavy (non-hydrogen) atoms. The molecule has 0 unspecified atom stereocenters. The average molecular weight is 342 g/mol. The van der Waals surface area contributed by atoms with E-state index < -0.39 is 5.97 Å². The predicted octanol–water partition coefficient (Wildman–Crippen LogP) is 2.53. The zero-order valence-corrected chi connectivity index (χ0v) is 14.2. The number of carbonyl (C=O) groups is 2. The Balaban J connectivity index is 1.85. The van der Waals surface area contributed by atoms with E-state index in [-0.39, 0.29) is 18.7 Å². The van der Waals surface area contributed by atoms with Crippen molar-refractivity contribution in [2.75, 3.05) is 13.6 Å². The van der Waals surface area contributed by atoms with E-state index in [0.29, 0.717) is 25.3 Å². The maximum atomic E-state index is 12.2. The largest absolute Gasteiger partial charge is 0.489 e. The summed E-state index contributed by atoms with van der Waals surface area (Å²) in [6.07, 6.45) is 4.23.